The number of hydrogen-bond donors (Lipinski definition) is 2. The molecule has 0 radical (unpaired) electrons. The van der Waals surface area contributed by atoms with Crippen LogP contribution in [0, 0.1) is 19.8 Å². The van der Waals surface area contributed by atoms with Gasteiger partial charge in [-0.05, 0) is 71.4 Å². The summed E-state index contributed by atoms with van der Waals surface area (Å²) in [5, 5.41) is 5.97. The van der Waals surface area contributed by atoms with Gasteiger partial charge in [0.2, 0.25) is 5.91 Å². The van der Waals surface area contributed by atoms with Crippen LogP contribution in [0.2, 0.25) is 0 Å². The molecule has 1 atom stereocenters. The summed E-state index contributed by atoms with van der Waals surface area (Å²) in [6.07, 6.45) is 2.03. The number of hydrogen-bond acceptors (Lipinski definition) is 3. The van der Waals surface area contributed by atoms with Crippen LogP contribution in [0.5, 0.6) is 0 Å². The molecule has 0 aliphatic heterocycles. The fraction of sp³-hybridized carbons (Fsp3) is 0.619. The first kappa shape index (κ1) is 20.3. The lowest BCUT2D eigenvalue weighted by molar-refractivity contribution is -0.122. The molecule has 0 saturated heterocycles. The van der Waals surface area contributed by atoms with Crippen molar-refractivity contribution in [1.82, 2.24) is 10.6 Å². The molecule has 2 rings (SSSR count). The maximum Gasteiger partial charge on any atom is 0.407 e. The van der Waals surface area contributed by atoms with E-state index in [0.717, 1.165) is 29.5 Å². The van der Waals surface area contributed by atoms with Crippen LogP contribution in [0.3, 0.4) is 0 Å². The van der Waals surface area contributed by atoms with E-state index in [1.807, 2.05) is 47.6 Å². The van der Waals surface area contributed by atoms with E-state index in [2.05, 4.69) is 22.8 Å². The van der Waals surface area contributed by atoms with Crippen LogP contribution in [-0.4, -0.2) is 29.7 Å². The van der Waals surface area contributed by atoms with Gasteiger partial charge in [-0.25, -0.2) is 4.79 Å². The van der Waals surface area contributed by atoms with Gasteiger partial charge in [0.1, 0.15) is 5.60 Å². The molecule has 1 aromatic rings. The molecule has 2 N–H and O–H groups in total. The third kappa shape index (κ3) is 6.04. The molecule has 1 saturated carbocycles. The zero-order valence-electron chi connectivity index (χ0n) is 16.9. The molecule has 1 aliphatic rings. The fourth-order valence-corrected chi connectivity index (χ4v) is 3.11. The molecule has 1 aromatic carbocycles. The predicted molar refractivity (Wildman–Crippen MR) is 103 cm³/mol. The van der Waals surface area contributed by atoms with Crippen LogP contribution < -0.4 is 10.6 Å². The average molecular weight is 360 g/mol. The first-order chi connectivity index (χ1) is 12.0. The van der Waals surface area contributed by atoms with Crippen LogP contribution >= 0.6 is 0 Å². The normalized spacial score (nSPS) is 16.5. The smallest absolute Gasteiger partial charge is 0.407 e. The van der Waals surface area contributed by atoms with Crippen LogP contribution in [0.1, 0.15) is 57.2 Å². The molecule has 5 nitrogen and oxygen atoms in total. The highest BCUT2D eigenvalue weighted by molar-refractivity contribution is 5.80. The lowest BCUT2D eigenvalue weighted by atomic mass is 9.94. The Labute approximate surface area is 156 Å². The molecule has 0 aromatic heterocycles. The van der Waals surface area contributed by atoms with E-state index < -0.39 is 17.2 Å². The maximum atomic E-state index is 12.6. The Hall–Kier alpha value is -2.04. The minimum atomic E-state index is -0.536. The summed E-state index contributed by atoms with van der Waals surface area (Å²) < 4.78 is 5.30. The summed E-state index contributed by atoms with van der Waals surface area (Å²) in [7, 11) is 0. The van der Waals surface area contributed by atoms with Gasteiger partial charge in [0.25, 0.3) is 0 Å². The number of amides is 2. The largest absolute Gasteiger partial charge is 0.444 e. The van der Waals surface area contributed by atoms with Crippen molar-refractivity contribution in [3.05, 3.63) is 34.9 Å². The van der Waals surface area contributed by atoms with Gasteiger partial charge in [-0.2, -0.15) is 0 Å². The second-order valence-corrected chi connectivity index (χ2v) is 8.70. The predicted octanol–water partition coefficient (Wildman–Crippen LogP) is 3.66. The van der Waals surface area contributed by atoms with E-state index in [9.17, 15) is 9.59 Å². The summed E-state index contributed by atoms with van der Waals surface area (Å²) >= 11 is 0. The van der Waals surface area contributed by atoms with E-state index in [0.29, 0.717) is 18.9 Å². The van der Waals surface area contributed by atoms with Gasteiger partial charge in [-0.15, -0.1) is 0 Å². The third-order valence-corrected chi connectivity index (χ3v) is 4.76. The topological polar surface area (TPSA) is 67.4 Å². The summed E-state index contributed by atoms with van der Waals surface area (Å²) in [6.45, 7) is 11.9. The number of rotatable bonds is 6. The molecule has 2 amide bonds. The minimum absolute atomic E-state index is 0.0147. The number of aryl methyl sites for hydroxylation is 2. The fourth-order valence-electron chi connectivity index (χ4n) is 3.11. The third-order valence-electron chi connectivity index (χ3n) is 4.76. The van der Waals surface area contributed by atoms with Gasteiger partial charge in [0, 0.05) is 6.54 Å². The zero-order chi connectivity index (χ0) is 19.5. The Bertz CT molecular complexity index is 674. The Morgan fingerprint density at radius 1 is 1.15 bits per heavy atom. The molecule has 1 fully saturated rings. The van der Waals surface area contributed by atoms with Crippen molar-refractivity contribution in [1.29, 1.82) is 0 Å². The number of ether oxygens (including phenoxy) is 1. The Balaban J connectivity index is 1.97. The van der Waals surface area contributed by atoms with Crippen LogP contribution in [0.4, 0.5) is 4.79 Å². The van der Waals surface area contributed by atoms with E-state index in [1.54, 1.807) is 0 Å². The van der Waals surface area contributed by atoms with Crippen molar-refractivity contribution < 1.29 is 14.3 Å². The van der Waals surface area contributed by atoms with Crippen molar-refractivity contribution in [2.24, 2.45) is 5.92 Å². The number of carbonyl (C=O) groups excluding carboxylic acids is 2. The molecule has 1 aliphatic carbocycles. The highest BCUT2D eigenvalue weighted by atomic mass is 16.6. The number of alkyl carbamates (subject to hydrolysis) is 1. The molecule has 0 bridgehead atoms. The van der Waals surface area contributed by atoms with E-state index in [4.69, 9.17) is 4.74 Å². The number of nitrogens with one attached hydrogen (secondary N) is 2. The van der Waals surface area contributed by atoms with Gasteiger partial charge in [0.15, 0.2) is 0 Å². The van der Waals surface area contributed by atoms with Gasteiger partial charge < -0.3 is 15.4 Å². The Morgan fingerprint density at radius 3 is 2.38 bits per heavy atom. The van der Waals surface area contributed by atoms with Gasteiger partial charge in [-0.1, -0.05) is 23.8 Å². The molecular formula is C21H32N2O3. The SMILES string of the molecule is Cc1ccc(C)c(CC(=O)NC(C)(CNC(=O)OC(C)(C)C)C2CC2)c1. The lowest BCUT2D eigenvalue weighted by Gasteiger charge is -2.32. The van der Waals surface area contributed by atoms with Gasteiger partial charge in [-0.3, -0.25) is 4.79 Å². The van der Waals surface area contributed by atoms with Crippen molar-refractivity contribution >= 4 is 12.0 Å². The summed E-state index contributed by atoms with van der Waals surface area (Å²) in [6, 6.07) is 6.15. The minimum Gasteiger partial charge on any atom is -0.444 e. The van der Waals surface area contributed by atoms with E-state index >= 15 is 0 Å². The summed E-state index contributed by atoms with van der Waals surface area (Å²) in [5.41, 5.74) is 2.32. The standard InChI is InChI=1S/C21H32N2O3/c1-14-7-8-15(2)16(11-14)12-18(24)23-21(6,17-9-10-17)13-22-19(25)26-20(3,4)5/h7-8,11,17H,9-10,12-13H2,1-6H3,(H,22,25)(H,23,24). The molecular weight excluding hydrogens is 328 g/mol. The van der Waals surface area contributed by atoms with Gasteiger partial charge in [0.05, 0.1) is 12.0 Å². The first-order valence-electron chi connectivity index (χ1n) is 9.32. The van der Waals surface area contributed by atoms with Crippen molar-refractivity contribution in [3.63, 3.8) is 0 Å². The highest BCUT2D eigenvalue weighted by Crippen LogP contribution is 2.39. The number of carbonyl (C=O) groups is 2. The Morgan fingerprint density at radius 2 is 1.81 bits per heavy atom. The number of benzene rings is 1. The second-order valence-electron chi connectivity index (χ2n) is 8.70. The first-order valence-corrected chi connectivity index (χ1v) is 9.32. The van der Waals surface area contributed by atoms with Crippen LogP contribution in [0.15, 0.2) is 18.2 Å². The molecule has 5 heteroatoms. The maximum absolute atomic E-state index is 12.6. The molecule has 1 unspecified atom stereocenters. The van der Waals surface area contributed by atoms with Crippen molar-refractivity contribution in [2.45, 2.75) is 71.9 Å². The van der Waals surface area contributed by atoms with Crippen LogP contribution in [-0.2, 0) is 16.0 Å². The molecule has 144 valence electrons. The lowest BCUT2D eigenvalue weighted by Crippen LogP contribution is -2.56. The zero-order valence-corrected chi connectivity index (χ0v) is 16.9. The summed E-state index contributed by atoms with van der Waals surface area (Å²) in [4.78, 5) is 24.6. The second kappa shape index (κ2) is 7.68. The van der Waals surface area contributed by atoms with Crippen molar-refractivity contribution in [3.8, 4) is 0 Å². The monoisotopic (exact) mass is 360 g/mol. The molecule has 0 heterocycles. The quantitative estimate of drug-likeness (QED) is 0.813. The molecule has 26 heavy (non-hydrogen) atoms. The van der Waals surface area contributed by atoms with E-state index in [-0.39, 0.29) is 5.91 Å². The van der Waals surface area contributed by atoms with Crippen LogP contribution in [0.25, 0.3) is 0 Å². The highest BCUT2D eigenvalue weighted by Gasteiger charge is 2.43. The molecule has 0 spiro atoms. The van der Waals surface area contributed by atoms with Crippen molar-refractivity contribution in [2.75, 3.05) is 6.54 Å². The average Bonchev–Trinajstić information content (AvgIpc) is 3.32. The van der Waals surface area contributed by atoms with E-state index in [1.165, 1.54) is 0 Å². The summed E-state index contributed by atoms with van der Waals surface area (Å²) in [5.74, 6) is 0.374. The van der Waals surface area contributed by atoms with Gasteiger partial charge >= 0.3 is 6.09 Å². The Kier molecular flexibility index (Phi) is 5.99.